The Bertz CT molecular complexity index is 890. The molecule has 3 nitrogen and oxygen atoms in total. The fraction of sp³-hybridized carbons (Fsp3) is 0.567. The Morgan fingerprint density at radius 1 is 0.848 bits per heavy atom. The highest BCUT2D eigenvalue weighted by Crippen LogP contribution is 2.43. The van der Waals surface area contributed by atoms with Crippen LogP contribution in [-0.2, 0) is 25.1 Å². The summed E-state index contributed by atoms with van der Waals surface area (Å²) in [6, 6.07) is 18.7. The highest BCUT2D eigenvalue weighted by Gasteiger charge is 2.41. The summed E-state index contributed by atoms with van der Waals surface area (Å²) < 4.78 is 12.3. The Morgan fingerprint density at radius 2 is 1.42 bits per heavy atom. The summed E-state index contributed by atoms with van der Waals surface area (Å²) in [4.78, 5) is 13.4. The number of carbonyl (C=O) groups excluding carboxylic acids is 1. The van der Waals surface area contributed by atoms with E-state index in [1.807, 2.05) is 44.2 Å². The van der Waals surface area contributed by atoms with E-state index >= 15 is 0 Å². The first-order valence-corrected chi connectivity index (χ1v) is 12.5. The molecule has 3 rings (SSSR count). The molecular weight excluding hydrogens is 408 g/mol. The third-order valence-electron chi connectivity index (χ3n) is 7.12. The van der Waals surface area contributed by atoms with Gasteiger partial charge in [0.2, 0.25) is 0 Å². The Hall–Kier alpha value is -2.13. The first-order chi connectivity index (χ1) is 15.5. The minimum absolute atomic E-state index is 0.0670. The van der Waals surface area contributed by atoms with Crippen LogP contribution in [0.5, 0.6) is 0 Å². The molecule has 180 valence electrons. The van der Waals surface area contributed by atoms with Crippen LogP contribution in [0.25, 0.3) is 0 Å². The van der Waals surface area contributed by atoms with E-state index in [1.54, 1.807) is 0 Å². The number of hydrogen-bond acceptors (Lipinski definition) is 3. The van der Waals surface area contributed by atoms with Gasteiger partial charge in [0.15, 0.2) is 6.10 Å². The predicted molar refractivity (Wildman–Crippen MR) is 135 cm³/mol. The van der Waals surface area contributed by atoms with E-state index in [2.05, 4.69) is 58.9 Å². The van der Waals surface area contributed by atoms with Gasteiger partial charge in [-0.15, -0.1) is 0 Å². The van der Waals surface area contributed by atoms with Gasteiger partial charge in [-0.25, -0.2) is 4.79 Å². The lowest BCUT2D eigenvalue weighted by Crippen LogP contribution is -2.42. The highest BCUT2D eigenvalue weighted by atomic mass is 16.6. The van der Waals surface area contributed by atoms with Crippen molar-refractivity contribution in [2.24, 2.45) is 5.92 Å². The minimum Gasteiger partial charge on any atom is -0.460 e. The van der Waals surface area contributed by atoms with Crippen LogP contribution in [0.15, 0.2) is 54.6 Å². The van der Waals surface area contributed by atoms with E-state index in [0.717, 1.165) is 24.8 Å². The summed E-state index contributed by atoms with van der Waals surface area (Å²) in [7, 11) is 0. The molecule has 0 bridgehead atoms. The van der Waals surface area contributed by atoms with Crippen molar-refractivity contribution in [3.63, 3.8) is 0 Å². The molecular formula is C30H42O3. The van der Waals surface area contributed by atoms with Crippen molar-refractivity contribution >= 4 is 5.97 Å². The molecule has 0 amide bonds. The van der Waals surface area contributed by atoms with Gasteiger partial charge in [-0.3, -0.25) is 0 Å². The molecule has 2 aromatic rings. The van der Waals surface area contributed by atoms with E-state index in [9.17, 15) is 4.79 Å². The molecule has 1 saturated carbocycles. The standard InChI is InChI=1S/C30H42O3/c1-21(2)32-27(22-13-9-8-10-14-22)28(31)33-26-16-12-11-15-25(26)30(6,7)24-19-17-23(18-20-24)29(3,4)5/h8-10,13-14,17-21,25-27H,11-12,15-16H2,1-7H3/t25-,26-,27-/m1/s1. The van der Waals surface area contributed by atoms with Crippen LogP contribution in [0.1, 0.15) is 96.9 Å². The van der Waals surface area contributed by atoms with Crippen molar-refractivity contribution < 1.29 is 14.3 Å². The second-order valence-electron chi connectivity index (χ2n) is 11.4. The van der Waals surface area contributed by atoms with Gasteiger partial charge in [-0.05, 0) is 60.6 Å². The molecule has 0 spiro atoms. The van der Waals surface area contributed by atoms with E-state index in [1.165, 1.54) is 17.5 Å². The summed E-state index contributed by atoms with van der Waals surface area (Å²) in [5.41, 5.74) is 3.53. The fourth-order valence-electron chi connectivity index (χ4n) is 5.06. The van der Waals surface area contributed by atoms with E-state index in [4.69, 9.17) is 9.47 Å². The number of ether oxygens (including phenoxy) is 2. The Labute approximate surface area is 200 Å². The summed E-state index contributed by atoms with van der Waals surface area (Å²) >= 11 is 0. The number of esters is 1. The van der Waals surface area contributed by atoms with Crippen molar-refractivity contribution in [2.45, 2.75) is 103 Å². The maximum atomic E-state index is 13.4. The average Bonchev–Trinajstić information content (AvgIpc) is 2.77. The normalized spacial score (nSPS) is 20.5. The third-order valence-corrected chi connectivity index (χ3v) is 7.12. The van der Waals surface area contributed by atoms with Gasteiger partial charge in [0.1, 0.15) is 6.10 Å². The second kappa shape index (κ2) is 10.4. The number of carbonyl (C=O) groups is 1. The molecule has 2 aromatic carbocycles. The fourth-order valence-corrected chi connectivity index (χ4v) is 5.06. The van der Waals surface area contributed by atoms with Crippen LogP contribution in [-0.4, -0.2) is 18.2 Å². The Morgan fingerprint density at radius 3 is 2.00 bits per heavy atom. The first-order valence-electron chi connectivity index (χ1n) is 12.5. The summed E-state index contributed by atoms with van der Waals surface area (Å²) in [5.74, 6) is -0.00293. The lowest BCUT2D eigenvalue weighted by atomic mass is 9.66. The zero-order valence-electron chi connectivity index (χ0n) is 21.6. The van der Waals surface area contributed by atoms with Gasteiger partial charge in [-0.1, -0.05) is 95.6 Å². The molecule has 0 unspecified atom stereocenters. The lowest BCUT2D eigenvalue weighted by Gasteiger charge is -2.42. The molecule has 0 aliphatic heterocycles. The van der Waals surface area contributed by atoms with Gasteiger partial charge in [-0.2, -0.15) is 0 Å². The molecule has 1 aliphatic carbocycles. The maximum Gasteiger partial charge on any atom is 0.340 e. The molecule has 1 fully saturated rings. The zero-order chi connectivity index (χ0) is 24.2. The van der Waals surface area contributed by atoms with Crippen molar-refractivity contribution in [3.05, 3.63) is 71.3 Å². The van der Waals surface area contributed by atoms with Crippen LogP contribution < -0.4 is 0 Å². The number of rotatable bonds is 7. The Kier molecular flexibility index (Phi) is 8.05. The van der Waals surface area contributed by atoms with Crippen LogP contribution in [0, 0.1) is 5.92 Å². The molecule has 1 aliphatic rings. The second-order valence-corrected chi connectivity index (χ2v) is 11.4. The molecule has 33 heavy (non-hydrogen) atoms. The quantitative estimate of drug-likeness (QED) is 0.409. The van der Waals surface area contributed by atoms with Gasteiger partial charge >= 0.3 is 5.97 Å². The van der Waals surface area contributed by atoms with Crippen LogP contribution in [0.4, 0.5) is 0 Å². The molecule has 0 aromatic heterocycles. The van der Waals surface area contributed by atoms with Crippen molar-refractivity contribution in [2.75, 3.05) is 0 Å². The van der Waals surface area contributed by atoms with Crippen LogP contribution >= 0.6 is 0 Å². The van der Waals surface area contributed by atoms with Gasteiger partial charge < -0.3 is 9.47 Å². The van der Waals surface area contributed by atoms with Crippen molar-refractivity contribution in [1.29, 1.82) is 0 Å². The Balaban J connectivity index is 1.82. The zero-order valence-corrected chi connectivity index (χ0v) is 21.6. The maximum absolute atomic E-state index is 13.4. The molecule has 0 heterocycles. The monoisotopic (exact) mass is 450 g/mol. The predicted octanol–water partition coefficient (Wildman–Crippen LogP) is 7.53. The van der Waals surface area contributed by atoms with Crippen molar-refractivity contribution in [3.8, 4) is 0 Å². The van der Waals surface area contributed by atoms with E-state index < -0.39 is 6.10 Å². The SMILES string of the molecule is CC(C)O[C@@H](C(=O)O[C@@H]1CCCC[C@H]1C(C)(C)c1ccc(C(C)(C)C)cc1)c1ccccc1. The number of hydrogen-bond donors (Lipinski definition) is 0. The van der Waals surface area contributed by atoms with E-state index in [0.29, 0.717) is 0 Å². The first kappa shape index (κ1) is 25.5. The van der Waals surface area contributed by atoms with Crippen molar-refractivity contribution in [1.82, 2.24) is 0 Å². The lowest BCUT2D eigenvalue weighted by molar-refractivity contribution is -0.172. The summed E-state index contributed by atoms with van der Waals surface area (Å²) in [6.45, 7) is 15.2. The van der Waals surface area contributed by atoms with Gasteiger partial charge in [0, 0.05) is 5.92 Å². The summed E-state index contributed by atoms with van der Waals surface area (Å²) in [5, 5.41) is 0. The van der Waals surface area contributed by atoms with Crippen LogP contribution in [0.3, 0.4) is 0 Å². The van der Waals surface area contributed by atoms with Gasteiger partial charge in [0.05, 0.1) is 6.10 Å². The largest absolute Gasteiger partial charge is 0.460 e. The average molecular weight is 451 g/mol. The van der Waals surface area contributed by atoms with Crippen LogP contribution in [0.2, 0.25) is 0 Å². The molecule has 3 heteroatoms. The molecule has 0 saturated heterocycles. The topological polar surface area (TPSA) is 35.5 Å². The smallest absolute Gasteiger partial charge is 0.340 e. The minimum atomic E-state index is -0.692. The molecule has 0 N–H and O–H groups in total. The highest BCUT2D eigenvalue weighted by molar-refractivity contribution is 5.76. The third kappa shape index (κ3) is 6.26. The van der Waals surface area contributed by atoms with Gasteiger partial charge in [0.25, 0.3) is 0 Å². The molecule has 3 atom stereocenters. The number of benzene rings is 2. The molecule has 0 radical (unpaired) electrons. The van der Waals surface area contributed by atoms with E-state index in [-0.39, 0.29) is 34.9 Å². The summed E-state index contributed by atoms with van der Waals surface area (Å²) in [6.07, 6.45) is 3.37.